The highest BCUT2D eigenvalue weighted by atomic mass is 79.9. The summed E-state index contributed by atoms with van der Waals surface area (Å²) in [6.07, 6.45) is 1.99. The summed E-state index contributed by atoms with van der Waals surface area (Å²) in [6.45, 7) is 2.17. The Bertz CT molecular complexity index is 1780. The van der Waals surface area contributed by atoms with Crippen molar-refractivity contribution in [2.75, 3.05) is 0 Å². The van der Waals surface area contributed by atoms with E-state index in [1.807, 2.05) is 66.7 Å². The molecule has 0 aliphatic heterocycles. The van der Waals surface area contributed by atoms with Crippen molar-refractivity contribution in [3.05, 3.63) is 178 Å². The van der Waals surface area contributed by atoms with Crippen molar-refractivity contribution in [2.45, 2.75) is 19.8 Å². The van der Waals surface area contributed by atoms with E-state index >= 15 is 0 Å². The quantitative estimate of drug-likeness (QED) is 0.157. The first-order valence-corrected chi connectivity index (χ1v) is 15.1. The monoisotopic (exact) mass is 606 g/mol. The van der Waals surface area contributed by atoms with Gasteiger partial charge < -0.3 is 0 Å². The molecule has 6 rings (SSSR count). The van der Waals surface area contributed by atoms with Crippen LogP contribution in [0.2, 0.25) is 0 Å². The molecule has 6 aromatic rings. The van der Waals surface area contributed by atoms with E-state index in [1.165, 1.54) is 16.7 Å². The minimum Gasteiger partial charge on any atom is -0.289 e. The first-order chi connectivity index (χ1) is 20.5. The van der Waals surface area contributed by atoms with E-state index in [4.69, 9.17) is 0 Å². The Morgan fingerprint density at radius 2 is 1.07 bits per heavy atom. The maximum absolute atomic E-state index is 13.9. The Labute approximate surface area is 256 Å². The van der Waals surface area contributed by atoms with Gasteiger partial charge in [0.25, 0.3) is 0 Å². The Morgan fingerprint density at radius 3 is 1.71 bits per heavy atom. The van der Waals surface area contributed by atoms with Crippen LogP contribution in [-0.2, 0) is 12.8 Å². The van der Waals surface area contributed by atoms with Gasteiger partial charge in [-0.1, -0.05) is 125 Å². The van der Waals surface area contributed by atoms with E-state index in [-0.39, 0.29) is 5.78 Å². The zero-order valence-corrected chi connectivity index (χ0v) is 25.1. The van der Waals surface area contributed by atoms with Gasteiger partial charge in [0.1, 0.15) is 0 Å². The van der Waals surface area contributed by atoms with Gasteiger partial charge in [-0.3, -0.25) is 4.79 Å². The van der Waals surface area contributed by atoms with E-state index in [9.17, 15) is 4.79 Å². The van der Waals surface area contributed by atoms with Gasteiger partial charge in [-0.25, -0.2) is 0 Å². The van der Waals surface area contributed by atoms with E-state index in [0.717, 1.165) is 50.7 Å². The molecule has 0 aromatic heterocycles. The molecule has 204 valence electrons. The summed E-state index contributed by atoms with van der Waals surface area (Å²) in [6, 6.07) is 49.9. The zero-order chi connectivity index (χ0) is 28.9. The summed E-state index contributed by atoms with van der Waals surface area (Å²) < 4.78 is 1.12. The molecule has 0 saturated carbocycles. The molecule has 0 saturated heterocycles. The van der Waals surface area contributed by atoms with Gasteiger partial charge in [-0.05, 0) is 106 Å². The average Bonchev–Trinajstić information content (AvgIpc) is 3.05. The van der Waals surface area contributed by atoms with Crippen molar-refractivity contribution >= 4 is 21.7 Å². The minimum absolute atomic E-state index is 0.0211. The molecule has 1 nitrogen and oxygen atoms in total. The molecular weight excluding hydrogens is 576 g/mol. The largest absolute Gasteiger partial charge is 0.289 e. The summed E-state index contributed by atoms with van der Waals surface area (Å²) >= 11 is 3.59. The number of carbonyl (C=O) groups is 1. The van der Waals surface area contributed by atoms with Gasteiger partial charge in [-0.15, -0.1) is 0 Å². The second-order valence-electron chi connectivity index (χ2n) is 10.7. The molecule has 0 fully saturated rings. The Hall–Kier alpha value is -4.53. The minimum atomic E-state index is 0.0211. The fourth-order valence-corrected chi connectivity index (χ4v) is 5.82. The third-order valence-corrected chi connectivity index (χ3v) is 8.31. The van der Waals surface area contributed by atoms with Crippen LogP contribution in [0.4, 0.5) is 0 Å². The summed E-state index contributed by atoms with van der Waals surface area (Å²) in [5.74, 6) is 0.0211. The van der Waals surface area contributed by atoms with Crippen LogP contribution in [0.25, 0.3) is 33.4 Å². The number of halogens is 1. The Morgan fingerprint density at radius 1 is 0.500 bits per heavy atom. The van der Waals surface area contributed by atoms with Gasteiger partial charge in [-0.2, -0.15) is 0 Å². The van der Waals surface area contributed by atoms with Crippen molar-refractivity contribution in [1.29, 1.82) is 0 Å². The average molecular weight is 608 g/mol. The first kappa shape index (κ1) is 27.6. The van der Waals surface area contributed by atoms with Gasteiger partial charge in [0.15, 0.2) is 5.78 Å². The number of carbonyl (C=O) groups excluding carboxylic acids is 1. The lowest BCUT2D eigenvalue weighted by Crippen LogP contribution is -2.02. The number of hydrogen-bond acceptors (Lipinski definition) is 1. The predicted molar refractivity (Wildman–Crippen MR) is 179 cm³/mol. The molecule has 0 atom stereocenters. The van der Waals surface area contributed by atoms with Crippen LogP contribution in [-0.4, -0.2) is 5.78 Å². The highest BCUT2D eigenvalue weighted by Gasteiger charge is 2.14. The van der Waals surface area contributed by atoms with Crippen molar-refractivity contribution in [2.24, 2.45) is 0 Å². The van der Waals surface area contributed by atoms with E-state index in [2.05, 4.69) is 102 Å². The molecule has 0 radical (unpaired) electrons. The molecular formula is C40H31BrO. The Kier molecular flexibility index (Phi) is 8.26. The summed E-state index contributed by atoms with van der Waals surface area (Å²) in [7, 11) is 0. The van der Waals surface area contributed by atoms with Gasteiger partial charge in [0, 0.05) is 15.6 Å². The highest BCUT2D eigenvalue weighted by Crippen LogP contribution is 2.30. The SMILES string of the molecule is Cc1ccc(Br)cc1CCc1ccc(-c2cccc(C(=O)c3cc(-c4ccccc4)cc(-c4ccccc4)c3)c2)cc1. The normalized spacial score (nSPS) is 10.9. The standard InChI is InChI=1S/C40H31BrO/c1-28-15-22-39(41)27-33(28)21-18-29-16-19-32(20-17-29)34-13-8-14-35(23-34)40(42)38-25-36(30-9-4-2-5-10-30)24-37(26-38)31-11-6-3-7-12-31/h2-17,19-20,22-27H,18,21H2,1H3. The number of benzene rings is 6. The van der Waals surface area contributed by atoms with Crippen molar-refractivity contribution in [3.63, 3.8) is 0 Å². The fourth-order valence-electron chi connectivity index (χ4n) is 5.41. The molecule has 0 N–H and O–H groups in total. The van der Waals surface area contributed by atoms with Crippen molar-refractivity contribution in [1.82, 2.24) is 0 Å². The maximum Gasteiger partial charge on any atom is 0.193 e. The molecule has 42 heavy (non-hydrogen) atoms. The van der Waals surface area contributed by atoms with Crippen LogP contribution in [0.3, 0.4) is 0 Å². The molecule has 0 unspecified atom stereocenters. The van der Waals surface area contributed by atoms with Crippen molar-refractivity contribution in [3.8, 4) is 33.4 Å². The first-order valence-electron chi connectivity index (χ1n) is 14.3. The topological polar surface area (TPSA) is 17.1 Å². The number of hydrogen-bond donors (Lipinski definition) is 0. The predicted octanol–water partition coefficient (Wildman–Crippen LogP) is 10.8. The molecule has 0 spiro atoms. The van der Waals surface area contributed by atoms with Crippen LogP contribution < -0.4 is 0 Å². The molecule has 6 aromatic carbocycles. The second kappa shape index (κ2) is 12.5. The molecule has 0 amide bonds. The third kappa shape index (κ3) is 6.35. The molecule has 0 heterocycles. The van der Waals surface area contributed by atoms with Crippen LogP contribution in [0, 0.1) is 6.92 Å². The van der Waals surface area contributed by atoms with Crippen LogP contribution in [0.5, 0.6) is 0 Å². The third-order valence-electron chi connectivity index (χ3n) is 7.82. The summed E-state index contributed by atoms with van der Waals surface area (Å²) in [5.41, 5.74) is 11.8. The second-order valence-corrected chi connectivity index (χ2v) is 11.6. The zero-order valence-electron chi connectivity index (χ0n) is 23.6. The summed E-state index contributed by atoms with van der Waals surface area (Å²) in [5, 5.41) is 0. The maximum atomic E-state index is 13.9. The van der Waals surface area contributed by atoms with Gasteiger partial charge in [0.2, 0.25) is 0 Å². The lowest BCUT2D eigenvalue weighted by Gasteiger charge is -2.11. The van der Waals surface area contributed by atoms with Crippen LogP contribution in [0.1, 0.15) is 32.6 Å². The molecule has 0 aliphatic rings. The van der Waals surface area contributed by atoms with E-state index < -0.39 is 0 Å². The van der Waals surface area contributed by atoms with Gasteiger partial charge in [0.05, 0.1) is 0 Å². The number of aryl methyl sites for hydroxylation is 3. The van der Waals surface area contributed by atoms with Crippen LogP contribution in [0.15, 0.2) is 150 Å². The highest BCUT2D eigenvalue weighted by molar-refractivity contribution is 9.10. The lowest BCUT2D eigenvalue weighted by molar-refractivity contribution is 0.103. The van der Waals surface area contributed by atoms with E-state index in [0.29, 0.717) is 11.1 Å². The van der Waals surface area contributed by atoms with Crippen LogP contribution >= 0.6 is 15.9 Å². The summed E-state index contributed by atoms with van der Waals surface area (Å²) in [4.78, 5) is 13.9. The van der Waals surface area contributed by atoms with Crippen molar-refractivity contribution < 1.29 is 4.79 Å². The van der Waals surface area contributed by atoms with E-state index in [1.54, 1.807) is 0 Å². The van der Waals surface area contributed by atoms with Gasteiger partial charge >= 0.3 is 0 Å². The smallest absolute Gasteiger partial charge is 0.193 e. The molecule has 0 bridgehead atoms. The lowest BCUT2D eigenvalue weighted by atomic mass is 9.92. The Balaban J connectivity index is 1.26. The number of ketones is 1. The number of rotatable bonds is 8. The molecule has 0 aliphatic carbocycles. The molecule has 2 heteroatoms. The fraction of sp³-hybridized carbons (Fsp3) is 0.0750.